The van der Waals surface area contributed by atoms with Crippen molar-refractivity contribution in [2.24, 2.45) is 5.73 Å². The van der Waals surface area contributed by atoms with E-state index in [9.17, 15) is 0 Å². The molecule has 3 nitrogen and oxygen atoms in total. The summed E-state index contributed by atoms with van der Waals surface area (Å²) >= 11 is 0. The van der Waals surface area contributed by atoms with Gasteiger partial charge in [0.05, 0.1) is 12.7 Å². The Kier molecular flexibility index (Phi) is 4.88. The van der Waals surface area contributed by atoms with Crippen molar-refractivity contribution in [3.05, 3.63) is 23.8 Å². The summed E-state index contributed by atoms with van der Waals surface area (Å²) in [4.78, 5) is 0. The fourth-order valence-electron chi connectivity index (χ4n) is 2.31. The molecule has 0 atom stereocenters. The van der Waals surface area contributed by atoms with E-state index in [0.29, 0.717) is 12.6 Å². The van der Waals surface area contributed by atoms with Crippen molar-refractivity contribution in [2.45, 2.75) is 51.7 Å². The van der Waals surface area contributed by atoms with Crippen LogP contribution in [0.1, 0.15) is 44.6 Å². The smallest absolute Gasteiger partial charge is 0.127 e. The maximum atomic E-state index is 6.06. The Morgan fingerprint density at radius 2 is 2.06 bits per heavy atom. The van der Waals surface area contributed by atoms with Gasteiger partial charge < -0.3 is 15.2 Å². The molecule has 1 saturated carbocycles. The van der Waals surface area contributed by atoms with E-state index >= 15 is 0 Å². The van der Waals surface area contributed by atoms with Crippen molar-refractivity contribution in [3.63, 3.8) is 0 Å². The Hall–Kier alpha value is -1.22. The predicted octanol–water partition coefficient (Wildman–Crippen LogP) is 3.26. The van der Waals surface area contributed by atoms with Crippen LogP contribution in [0.15, 0.2) is 18.2 Å². The van der Waals surface area contributed by atoms with Crippen molar-refractivity contribution in [1.29, 1.82) is 0 Å². The molecule has 1 aromatic rings. The maximum Gasteiger partial charge on any atom is 0.127 e. The van der Waals surface area contributed by atoms with Gasteiger partial charge in [-0.15, -0.1) is 0 Å². The molecular formula is C15H23NO2. The third-order valence-corrected chi connectivity index (χ3v) is 3.33. The summed E-state index contributed by atoms with van der Waals surface area (Å²) in [6.07, 6.45) is 6.23. The van der Waals surface area contributed by atoms with Crippen molar-refractivity contribution in [1.82, 2.24) is 0 Å². The lowest BCUT2D eigenvalue weighted by atomic mass is 10.2. The normalized spacial score (nSPS) is 15.9. The molecule has 1 aliphatic rings. The third-order valence-electron chi connectivity index (χ3n) is 3.33. The van der Waals surface area contributed by atoms with Gasteiger partial charge in [-0.2, -0.15) is 0 Å². The van der Waals surface area contributed by atoms with Gasteiger partial charge in [-0.25, -0.2) is 0 Å². The van der Waals surface area contributed by atoms with Crippen LogP contribution in [0, 0.1) is 0 Å². The highest BCUT2D eigenvalue weighted by Crippen LogP contribution is 2.29. The van der Waals surface area contributed by atoms with Crippen molar-refractivity contribution in [3.8, 4) is 11.5 Å². The number of benzene rings is 1. The van der Waals surface area contributed by atoms with Crippen LogP contribution in [0.3, 0.4) is 0 Å². The van der Waals surface area contributed by atoms with Crippen LogP contribution in [0.4, 0.5) is 0 Å². The van der Waals surface area contributed by atoms with Gasteiger partial charge >= 0.3 is 0 Å². The summed E-state index contributed by atoms with van der Waals surface area (Å²) in [5, 5.41) is 0. The molecule has 18 heavy (non-hydrogen) atoms. The lowest BCUT2D eigenvalue weighted by Gasteiger charge is -2.17. The molecule has 1 aromatic carbocycles. The molecule has 0 unspecified atom stereocenters. The van der Waals surface area contributed by atoms with E-state index in [1.807, 2.05) is 18.2 Å². The van der Waals surface area contributed by atoms with E-state index in [1.165, 1.54) is 12.8 Å². The molecule has 0 radical (unpaired) electrons. The molecule has 100 valence electrons. The highest BCUT2D eigenvalue weighted by atomic mass is 16.5. The molecule has 1 aliphatic carbocycles. The molecule has 3 heteroatoms. The summed E-state index contributed by atoms with van der Waals surface area (Å²) < 4.78 is 11.7. The largest absolute Gasteiger partial charge is 0.493 e. The minimum Gasteiger partial charge on any atom is -0.493 e. The first-order valence-corrected chi connectivity index (χ1v) is 6.96. The molecule has 2 rings (SSSR count). The fraction of sp³-hybridized carbons (Fsp3) is 0.600. The van der Waals surface area contributed by atoms with Gasteiger partial charge in [0.25, 0.3) is 0 Å². The lowest BCUT2D eigenvalue weighted by molar-refractivity contribution is 0.206. The summed E-state index contributed by atoms with van der Waals surface area (Å²) in [6.45, 7) is 3.35. The Morgan fingerprint density at radius 3 is 2.72 bits per heavy atom. The van der Waals surface area contributed by atoms with Crippen LogP contribution >= 0.6 is 0 Å². The van der Waals surface area contributed by atoms with E-state index < -0.39 is 0 Å². The van der Waals surface area contributed by atoms with E-state index in [1.54, 1.807) is 0 Å². The maximum absolute atomic E-state index is 6.06. The second-order valence-electron chi connectivity index (χ2n) is 4.85. The van der Waals surface area contributed by atoms with Gasteiger partial charge in [0.2, 0.25) is 0 Å². The zero-order valence-corrected chi connectivity index (χ0v) is 11.2. The number of nitrogens with two attached hydrogens (primary N) is 1. The summed E-state index contributed by atoms with van der Waals surface area (Å²) in [5.41, 5.74) is 6.82. The Bertz CT molecular complexity index is 373. The lowest BCUT2D eigenvalue weighted by Crippen LogP contribution is -2.13. The Morgan fingerprint density at radius 1 is 1.28 bits per heavy atom. The molecule has 0 bridgehead atoms. The minimum absolute atomic E-state index is 0.358. The molecule has 0 aromatic heterocycles. The molecule has 0 aliphatic heterocycles. The SMILES string of the molecule is CCCOc1ccc(CN)c(OC2CCCC2)c1. The number of rotatable bonds is 6. The highest BCUT2D eigenvalue weighted by molar-refractivity contribution is 5.40. The van der Waals surface area contributed by atoms with Crippen LogP contribution in [-0.4, -0.2) is 12.7 Å². The van der Waals surface area contributed by atoms with Crippen molar-refractivity contribution in [2.75, 3.05) is 6.61 Å². The topological polar surface area (TPSA) is 44.5 Å². The van der Waals surface area contributed by atoms with Crippen LogP contribution < -0.4 is 15.2 Å². The first-order valence-electron chi connectivity index (χ1n) is 6.96. The van der Waals surface area contributed by atoms with Crippen molar-refractivity contribution >= 4 is 0 Å². The zero-order chi connectivity index (χ0) is 12.8. The monoisotopic (exact) mass is 249 g/mol. The van der Waals surface area contributed by atoms with Gasteiger partial charge in [-0.05, 0) is 38.2 Å². The van der Waals surface area contributed by atoms with Gasteiger partial charge in [0, 0.05) is 18.2 Å². The number of hydrogen-bond donors (Lipinski definition) is 1. The van der Waals surface area contributed by atoms with Gasteiger partial charge in [0.15, 0.2) is 0 Å². The van der Waals surface area contributed by atoms with Gasteiger partial charge in [-0.1, -0.05) is 13.0 Å². The first-order chi connectivity index (χ1) is 8.83. The summed E-state index contributed by atoms with van der Waals surface area (Å²) in [6, 6.07) is 5.96. The minimum atomic E-state index is 0.358. The van der Waals surface area contributed by atoms with E-state index in [0.717, 1.165) is 42.9 Å². The standard InChI is InChI=1S/C15H23NO2/c1-2-9-17-14-8-7-12(11-16)15(10-14)18-13-5-3-4-6-13/h7-8,10,13H,2-6,9,11,16H2,1H3. The van der Waals surface area contributed by atoms with Gasteiger partial charge in [-0.3, -0.25) is 0 Å². The number of hydrogen-bond acceptors (Lipinski definition) is 3. The summed E-state index contributed by atoms with van der Waals surface area (Å²) in [5.74, 6) is 1.78. The van der Waals surface area contributed by atoms with E-state index in [4.69, 9.17) is 15.2 Å². The molecule has 0 heterocycles. The average molecular weight is 249 g/mol. The highest BCUT2D eigenvalue weighted by Gasteiger charge is 2.18. The fourth-order valence-corrected chi connectivity index (χ4v) is 2.31. The molecule has 0 saturated heterocycles. The molecule has 1 fully saturated rings. The Labute approximate surface area is 109 Å². The molecular weight excluding hydrogens is 226 g/mol. The number of ether oxygens (including phenoxy) is 2. The molecule has 0 spiro atoms. The Balaban J connectivity index is 2.08. The predicted molar refractivity (Wildman–Crippen MR) is 73.0 cm³/mol. The van der Waals surface area contributed by atoms with Crippen LogP contribution in [0.2, 0.25) is 0 Å². The van der Waals surface area contributed by atoms with Gasteiger partial charge in [0.1, 0.15) is 11.5 Å². The molecule has 0 amide bonds. The average Bonchev–Trinajstić information content (AvgIpc) is 2.89. The second-order valence-corrected chi connectivity index (χ2v) is 4.85. The van der Waals surface area contributed by atoms with Crippen LogP contribution in [0.5, 0.6) is 11.5 Å². The van der Waals surface area contributed by atoms with E-state index in [-0.39, 0.29) is 0 Å². The van der Waals surface area contributed by atoms with Crippen LogP contribution in [-0.2, 0) is 6.54 Å². The van der Waals surface area contributed by atoms with Crippen molar-refractivity contribution < 1.29 is 9.47 Å². The second kappa shape index (κ2) is 6.64. The van der Waals surface area contributed by atoms with Crippen LogP contribution in [0.25, 0.3) is 0 Å². The first kappa shape index (κ1) is 13.2. The third kappa shape index (κ3) is 3.39. The van der Waals surface area contributed by atoms with E-state index in [2.05, 4.69) is 6.92 Å². The molecule has 2 N–H and O–H groups in total. The summed E-state index contributed by atoms with van der Waals surface area (Å²) in [7, 11) is 0. The quantitative estimate of drug-likeness (QED) is 0.841. The zero-order valence-electron chi connectivity index (χ0n) is 11.2.